The van der Waals surface area contributed by atoms with Gasteiger partial charge in [-0.05, 0) is 13.0 Å². The van der Waals surface area contributed by atoms with Gasteiger partial charge in [-0.25, -0.2) is 14.6 Å². The molecule has 2 aromatic rings. The molecule has 0 spiro atoms. The summed E-state index contributed by atoms with van der Waals surface area (Å²) in [5.74, 6) is -0.448. The molecule has 2 rings (SSSR count). The summed E-state index contributed by atoms with van der Waals surface area (Å²) < 4.78 is 6.25. The molecular formula is C14H17N3O4. The van der Waals surface area contributed by atoms with Crippen molar-refractivity contribution in [1.29, 1.82) is 0 Å². The lowest BCUT2D eigenvalue weighted by molar-refractivity contribution is -0.282. The molecule has 0 N–H and O–H groups in total. The van der Waals surface area contributed by atoms with Crippen LogP contribution in [0.25, 0.3) is 11.3 Å². The van der Waals surface area contributed by atoms with Crippen molar-refractivity contribution in [2.75, 3.05) is 14.2 Å². The molecule has 0 aliphatic heterocycles. The summed E-state index contributed by atoms with van der Waals surface area (Å²) >= 11 is 0. The Morgan fingerprint density at radius 3 is 2.71 bits per heavy atom. The van der Waals surface area contributed by atoms with Gasteiger partial charge in [0, 0.05) is 18.3 Å². The maximum Gasteiger partial charge on any atom is 0.357 e. The predicted molar refractivity (Wildman–Crippen MR) is 74.3 cm³/mol. The minimum Gasteiger partial charge on any atom is -0.464 e. The molecule has 0 fully saturated rings. The third kappa shape index (κ3) is 3.09. The zero-order valence-electron chi connectivity index (χ0n) is 12.4. The third-order valence-corrected chi connectivity index (χ3v) is 3.12. The highest BCUT2D eigenvalue weighted by atomic mass is 17.2. The number of nitrogens with zero attached hydrogens (tertiary/aromatic N) is 3. The van der Waals surface area contributed by atoms with E-state index in [-0.39, 0.29) is 0 Å². The minimum atomic E-state index is -0.448. The molecule has 21 heavy (non-hydrogen) atoms. The highest BCUT2D eigenvalue weighted by Crippen LogP contribution is 2.23. The van der Waals surface area contributed by atoms with Crippen molar-refractivity contribution in [2.24, 2.45) is 7.05 Å². The quantitative estimate of drug-likeness (QED) is 0.474. The first kappa shape index (κ1) is 15.1. The number of aromatic nitrogens is 3. The molecular weight excluding hydrogens is 274 g/mol. The van der Waals surface area contributed by atoms with Crippen LogP contribution in [0.3, 0.4) is 0 Å². The SMILES string of the molecule is COOCc1ccc(-c2cnn(C)c2C(=O)OC)nc1C. The van der Waals surface area contributed by atoms with Crippen LogP contribution in [-0.2, 0) is 28.2 Å². The molecule has 0 radical (unpaired) electrons. The summed E-state index contributed by atoms with van der Waals surface area (Å²) in [7, 11) is 4.47. The van der Waals surface area contributed by atoms with Gasteiger partial charge in [-0.3, -0.25) is 9.67 Å². The van der Waals surface area contributed by atoms with Crippen LogP contribution in [0.5, 0.6) is 0 Å². The van der Waals surface area contributed by atoms with Gasteiger partial charge in [0.2, 0.25) is 0 Å². The Kier molecular flexibility index (Phi) is 4.66. The monoisotopic (exact) mass is 291 g/mol. The normalized spacial score (nSPS) is 10.7. The van der Waals surface area contributed by atoms with Crippen LogP contribution < -0.4 is 0 Å². The van der Waals surface area contributed by atoms with Crippen molar-refractivity contribution < 1.29 is 19.3 Å². The summed E-state index contributed by atoms with van der Waals surface area (Å²) in [4.78, 5) is 25.8. The standard InChI is InChI=1S/C14H17N3O4/c1-9-10(8-21-20-4)5-6-12(16-9)11-7-15-17(2)13(11)14(18)19-3/h5-7H,8H2,1-4H3. The second-order valence-electron chi connectivity index (χ2n) is 4.39. The Morgan fingerprint density at radius 2 is 2.10 bits per heavy atom. The molecule has 2 heterocycles. The number of hydrogen-bond donors (Lipinski definition) is 0. The number of ether oxygens (including phenoxy) is 1. The maximum atomic E-state index is 11.8. The van der Waals surface area contributed by atoms with Gasteiger partial charge in [-0.2, -0.15) is 5.10 Å². The van der Waals surface area contributed by atoms with Gasteiger partial charge in [0.1, 0.15) is 6.61 Å². The Hall–Kier alpha value is -2.25. The van der Waals surface area contributed by atoms with E-state index in [4.69, 9.17) is 9.62 Å². The minimum absolute atomic E-state index is 0.312. The fraction of sp³-hybridized carbons (Fsp3) is 0.357. The topological polar surface area (TPSA) is 75.5 Å². The molecule has 0 saturated carbocycles. The molecule has 0 atom stereocenters. The van der Waals surface area contributed by atoms with E-state index in [9.17, 15) is 4.79 Å². The Labute approximate surface area is 122 Å². The van der Waals surface area contributed by atoms with Crippen molar-refractivity contribution in [2.45, 2.75) is 13.5 Å². The van der Waals surface area contributed by atoms with Crippen LogP contribution in [0.15, 0.2) is 18.3 Å². The fourth-order valence-corrected chi connectivity index (χ4v) is 1.98. The first-order chi connectivity index (χ1) is 10.1. The van der Waals surface area contributed by atoms with Crippen LogP contribution in [-0.4, -0.2) is 35.0 Å². The van der Waals surface area contributed by atoms with E-state index in [1.165, 1.54) is 18.9 Å². The van der Waals surface area contributed by atoms with Crippen LogP contribution in [0, 0.1) is 6.92 Å². The molecule has 0 aliphatic carbocycles. The van der Waals surface area contributed by atoms with Gasteiger partial charge >= 0.3 is 5.97 Å². The summed E-state index contributed by atoms with van der Waals surface area (Å²) in [6, 6.07) is 3.69. The van der Waals surface area contributed by atoms with Gasteiger partial charge in [0.05, 0.1) is 31.7 Å². The average molecular weight is 291 g/mol. The lowest BCUT2D eigenvalue weighted by Gasteiger charge is -2.08. The lowest BCUT2D eigenvalue weighted by atomic mass is 10.1. The molecule has 0 aliphatic rings. The van der Waals surface area contributed by atoms with Crippen molar-refractivity contribution in [3.8, 4) is 11.3 Å². The summed E-state index contributed by atoms with van der Waals surface area (Å²) in [6.07, 6.45) is 1.60. The van der Waals surface area contributed by atoms with E-state index in [0.29, 0.717) is 23.6 Å². The number of rotatable bonds is 5. The van der Waals surface area contributed by atoms with Gasteiger partial charge in [-0.15, -0.1) is 0 Å². The van der Waals surface area contributed by atoms with Gasteiger partial charge < -0.3 is 4.74 Å². The number of esters is 1. The molecule has 7 heteroatoms. The second kappa shape index (κ2) is 6.47. The molecule has 112 valence electrons. The van der Waals surface area contributed by atoms with E-state index in [1.54, 1.807) is 13.2 Å². The third-order valence-electron chi connectivity index (χ3n) is 3.12. The number of carbonyl (C=O) groups excluding carboxylic acids is 1. The lowest BCUT2D eigenvalue weighted by Crippen LogP contribution is -2.10. The maximum absolute atomic E-state index is 11.8. The van der Waals surface area contributed by atoms with E-state index in [0.717, 1.165) is 11.3 Å². The van der Waals surface area contributed by atoms with Crippen molar-refractivity contribution in [3.05, 3.63) is 35.3 Å². The Bertz CT molecular complexity index is 652. The molecule has 2 aromatic heterocycles. The summed E-state index contributed by atoms with van der Waals surface area (Å²) in [6.45, 7) is 2.18. The van der Waals surface area contributed by atoms with Crippen molar-refractivity contribution in [1.82, 2.24) is 14.8 Å². The predicted octanol–water partition coefficient (Wildman–Crippen LogP) is 1.66. The Balaban J connectivity index is 2.39. The van der Waals surface area contributed by atoms with Crippen molar-refractivity contribution in [3.63, 3.8) is 0 Å². The van der Waals surface area contributed by atoms with E-state index in [2.05, 4.69) is 15.0 Å². The summed E-state index contributed by atoms with van der Waals surface area (Å²) in [5.41, 5.74) is 3.35. The first-order valence-electron chi connectivity index (χ1n) is 6.31. The zero-order chi connectivity index (χ0) is 15.4. The molecule has 0 saturated heterocycles. The molecule has 0 bridgehead atoms. The molecule has 7 nitrogen and oxygen atoms in total. The van der Waals surface area contributed by atoms with Crippen LogP contribution in [0.4, 0.5) is 0 Å². The van der Waals surface area contributed by atoms with Gasteiger partial charge in [-0.1, -0.05) is 6.07 Å². The van der Waals surface area contributed by atoms with Crippen LogP contribution in [0.1, 0.15) is 21.7 Å². The van der Waals surface area contributed by atoms with Crippen molar-refractivity contribution >= 4 is 5.97 Å². The van der Waals surface area contributed by atoms with Crippen LogP contribution in [0.2, 0.25) is 0 Å². The number of carbonyl (C=O) groups is 1. The number of aryl methyl sites for hydroxylation is 2. The smallest absolute Gasteiger partial charge is 0.357 e. The van der Waals surface area contributed by atoms with E-state index >= 15 is 0 Å². The largest absolute Gasteiger partial charge is 0.464 e. The highest BCUT2D eigenvalue weighted by Gasteiger charge is 2.20. The van der Waals surface area contributed by atoms with Gasteiger partial charge in [0.15, 0.2) is 5.69 Å². The number of pyridine rings is 1. The van der Waals surface area contributed by atoms with E-state index < -0.39 is 5.97 Å². The zero-order valence-corrected chi connectivity index (χ0v) is 12.4. The second-order valence-corrected chi connectivity index (χ2v) is 4.39. The highest BCUT2D eigenvalue weighted by molar-refractivity contribution is 5.94. The number of hydrogen-bond acceptors (Lipinski definition) is 6. The molecule has 0 amide bonds. The molecule has 0 aromatic carbocycles. The van der Waals surface area contributed by atoms with Gasteiger partial charge in [0.25, 0.3) is 0 Å². The fourth-order valence-electron chi connectivity index (χ4n) is 1.98. The van der Waals surface area contributed by atoms with E-state index in [1.807, 2.05) is 19.1 Å². The summed E-state index contributed by atoms with van der Waals surface area (Å²) in [5, 5.41) is 4.09. The Morgan fingerprint density at radius 1 is 1.33 bits per heavy atom. The number of methoxy groups -OCH3 is 1. The van der Waals surface area contributed by atoms with Crippen LogP contribution >= 0.6 is 0 Å². The average Bonchev–Trinajstić information content (AvgIpc) is 2.87. The first-order valence-corrected chi connectivity index (χ1v) is 6.31. The molecule has 0 unspecified atom stereocenters.